The molecule has 0 bridgehead atoms. The van der Waals surface area contributed by atoms with E-state index in [1.165, 1.54) is 57.8 Å². The number of carbonyl (C=O) groups is 3. The lowest BCUT2D eigenvalue weighted by molar-refractivity contribution is -0.170. The van der Waals surface area contributed by atoms with Crippen LogP contribution in [0, 0.1) is 0 Å². The van der Waals surface area contributed by atoms with E-state index in [1.54, 1.807) is 0 Å². The van der Waals surface area contributed by atoms with Crippen LogP contribution >= 0.6 is 0 Å². The van der Waals surface area contributed by atoms with Gasteiger partial charge in [0.15, 0.2) is 5.60 Å². The van der Waals surface area contributed by atoms with E-state index in [0.717, 1.165) is 0 Å². The Balaban J connectivity index is 0.000000550. The van der Waals surface area contributed by atoms with Crippen molar-refractivity contribution in [2.75, 3.05) is 0 Å². The zero-order valence-corrected chi connectivity index (χ0v) is 29.3. The molecular weight excluding hydrogens is 550 g/mol. The summed E-state index contributed by atoms with van der Waals surface area (Å²) in [6.45, 7) is 27.4. The number of hydrogen-bond donors (Lipinski definition) is 7. The molecule has 3 saturated heterocycles. The average Bonchev–Trinajstić information content (AvgIpc) is 2.68. The fourth-order valence-electron chi connectivity index (χ4n) is 6.75. The summed E-state index contributed by atoms with van der Waals surface area (Å²) in [6.07, 6.45) is 9.71. The van der Waals surface area contributed by atoms with Crippen molar-refractivity contribution in [3.63, 3.8) is 0 Å². The molecule has 0 amide bonds. The lowest BCUT2D eigenvalue weighted by atomic mass is 9.83. The third-order valence-electron chi connectivity index (χ3n) is 8.13. The first-order chi connectivity index (χ1) is 19.0. The average molecular weight is 616 g/mol. The Bertz CT molecular complexity index is 789. The zero-order valence-electron chi connectivity index (χ0n) is 29.3. The Hall–Kier alpha value is -1.75. The van der Waals surface area contributed by atoms with Crippen molar-refractivity contribution in [2.24, 2.45) is 0 Å². The van der Waals surface area contributed by atoms with Crippen molar-refractivity contribution < 1.29 is 34.8 Å². The van der Waals surface area contributed by atoms with Crippen LogP contribution in [0.1, 0.15) is 154 Å². The van der Waals surface area contributed by atoms with E-state index in [1.807, 2.05) is 0 Å². The molecule has 0 unspecified atom stereocenters. The highest BCUT2D eigenvalue weighted by Gasteiger charge is 2.41. The van der Waals surface area contributed by atoms with Crippen LogP contribution in [0.4, 0.5) is 0 Å². The normalized spacial score (nSPS) is 24.2. The standard InChI is InChI=1S/3C9H19N.C6H8O7/c3*1-8(2)6-5-7-9(3,4)10-8;7-3(8)1-6(13,5(11)12)2-4(9)10/h3*10H,5-7H2,1-4H3;13H,1-2H2,(H,7,8)(H,9,10)(H,11,12). The number of aliphatic hydroxyl groups is 1. The van der Waals surface area contributed by atoms with Crippen LogP contribution in [-0.2, 0) is 14.4 Å². The van der Waals surface area contributed by atoms with Gasteiger partial charge in [-0.2, -0.15) is 0 Å². The summed E-state index contributed by atoms with van der Waals surface area (Å²) in [5, 5.41) is 44.7. The quantitative estimate of drug-likeness (QED) is 0.204. The van der Waals surface area contributed by atoms with Gasteiger partial charge in [0, 0.05) is 33.2 Å². The van der Waals surface area contributed by atoms with E-state index in [4.69, 9.17) is 20.4 Å². The van der Waals surface area contributed by atoms with Crippen molar-refractivity contribution in [3.05, 3.63) is 0 Å². The van der Waals surface area contributed by atoms with E-state index in [0.29, 0.717) is 33.2 Å². The Labute approximate surface area is 261 Å². The van der Waals surface area contributed by atoms with Gasteiger partial charge in [-0.25, -0.2) is 4.79 Å². The van der Waals surface area contributed by atoms with E-state index in [2.05, 4.69) is 99.0 Å². The summed E-state index contributed by atoms with van der Waals surface area (Å²) in [5.41, 5.74) is -0.561. The van der Waals surface area contributed by atoms with Crippen molar-refractivity contribution in [1.82, 2.24) is 16.0 Å². The van der Waals surface area contributed by atoms with Gasteiger partial charge in [0.2, 0.25) is 0 Å². The van der Waals surface area contributed by atoms with Gasteiger partial charge in [-0.1, -0.05) is 0 Å². The summed E-state index contributed by atoms with van der Waals surface area (Å²) in [4.78, 5) is 30.5. The van der Waals surface area contributed by atoms with Gasteiger partial charge in [-0.05, 0) is 141 Å². The van der Waals surface area contributed by atoms with Gasteiger partial charge in [-0.15, -0.1) is 0 Å². The van der Waals surface area contributed by atoms with Crippen molar-refractivity contribution >= 4 is 17.9 Å². The monoisotopic (exact) mass is 615 g/mol. The van der Waals surface area contributed by atoms with Crippen molar-refractivity contribution in [1.29, 1.82) is 0 Å². The molecule has 0 aliphatic carbocycles. The Morgan fingerprint density at radius 1 is 0.488 bits per heavy atom. The maximum absolute atomic E-state index is 10.3. The highest BCUT2D eigenvalue weighted by molar-refractivity contribution is 5.88. The Kier molecular flexibility index (Phi) is 14.9. The minimum atomic E-state index is -2.74. The molecule has 254 valence electrons. The van der Waals surface area contributed by atoms with Crippen molar-refractivity contribution in [3.8, 4) is 0 Å². The number of nitrogens with one attached hydrogen (secondary N) is 3. The molecule has 0 radical (unpaired) electrons. The van der Waals surface area contributed by atoms with Crippen LogP contribution in [-0.4, -0.2) is 77.2 Å². The van der Waals surface area contributed by atoms with Gasteiger partial charge in [0.25, 0.3) is 0 Å². The van der Waals surface area contributed by atoms with Crippen LogP contribution in [0.5, 0.6) is 0 Å². The molecule has 0 atom stereocenters. The van der Waals surface area contributed by atoms with E-state index in [9.17, 15) is 14.4 Å². The predicted molar refractivity (Wildman–Crippen MR) is 173 cm³/mol. The molecule has 0 saturated carbocycles. The third kappa shape index (κ3) is 18.6. The maximum Gasteiger partial charge on any atom is 0.336 e. The number of aliphatic carboxylic acids is 3. The van der Waals surface area contributed by atoms with Crippen molar-refractivity contribution in [2.45, 2.75) is 193 Å². The zero-order chi connectivity index (χ0) is 34.1. The van der Waals surface area contributed by atoms with Gasteiger partial charge < -0.3 is 36.4 Å². The minimum absolute atomic E-state index is 0.363. The predicted octanol–water partition coefficient (Wildman–Crippen LogP) is 5.70. The lowest BCUT2D eigenvalue weighted by Gasteiger charge is -2.42. The SMILES string of the molecule is CC1(C)CCCC(C)(C)N1.CC1(C)CCCC(C)(C)N1.CC1(C)CCCC(C)(C)N1.O=C(O)CC(O)(CC(=O)O)C(=O)O. The number of carboxylic acid groups (broad SMARTS) is 3. The Morgan fingerprint density at radius 2 is 0.674 bits per heavy atom. The summed E-state index contributed by atoms with van der Waals surface area (Å²) >= 11 is 0. The molecule has 3 heterocycles. The fraction of sp³-hybridized carbons (Fsp3) is 0.909. The van der Waals surface area contributed by atoms with Gasteiger partial charge in [0.05, 0.1) is 12.8 Å². The summed E-state index contributed by atoms with van der Waals surface area (Å²) in [6, 6.07) is 0. The molecule has 0 spiro atoms. The highest BCUT2D eigenvalue weighted by atomic mass is 16.4. The van der Waals surface area contributed by atoms with E-state index >= 15 is 0 Å². The van der Waals surface area contributed by atoms with Crippen LogP contribution < -0.4 is 16.0 Å². The molecule has 10 heteroatoms. The van der Waals surface area contributed by atoms with Crippen LogP contribution in [0.2, 0.25) is 0 Å². The highest BCUT2D eigenvalue weighted by Crippen LogP contribution is 2.29. The fourth-order valence-corrected chi connectivity index (χ4v) is 6.75. The van der Waals surface area contributed by atoms with Gasteiger partial charge in [-0.3, -0.25) is 9.59 Å². The smallest absolute Gasteiger partial charge is 0.336 e. The van der Waals surface area contributed by atoms with Crippen LogP contribution in [0.25, 0.3) is 0 Å². The second-order valence-corrected chi connectivity index (χ2v) is 16.7. The molecular formula is C33H65N3O7. The molecule has 3 fully saturated rings. The molecule has 0 aromatic carbocycles. The summed E-state index contributed by atoms with van der Waals surface area (Å²) < 4.78 is 0. The number of hydrogen-bond acceptors (Lipinski definition) is 7. The third-order valence-corrected chi connectivity index (χ3v) is 8.13. The summed E-state index contributed by atoms with van der Waals surface area (Å²) in [5.74, 6) is -5.02. The number of carboxylic acids is 3. The summed E-state index contributed by atoms with van der Waals surface area (Å²) in [7, 11) is 0. The van der Waals surface area contributed by atoms with E-state index < -0.39 is 36.4 Å². The van der Waals surface area contributed by atoms with Gasteiger partial charge in [0.1, 0.15) is 0 Å². The second kappa shape index (κ2) is 15.5. The molecule has 10 nitrogen and oxygen atoms in total. The molecule has 0 aromatic rings. The maximum atomic E-state index is 10.3. The Morgan fingerprint density at radius 3 is 0.767 bits per heavy atom. The first-order valence-electron chi connectivity index (χ1n) is 15.8. The van der Waals surface area contributed by atoms with E-state index in [-0.39, 0.29) is 0 Å². The largest absolute Gasteiger partial charge is 0.481 e. The minimum Gasteiger partial charge on any atom is -0.481 e. The number of piperidine rings is 3. The first-order valence-corrected chi connectivity index (χ1v) is 15.8. The number of rotatable bonds is 5. The second-order valence-electron chi connectivity index (χ2n) is 16.7. The van der Waals surface area contributed by atoms with Gasteiger partial charge >= 0.3 is 17.9 Å². The first kappa shape index (κ1) is 41.2. The lowest BCUT2D eigenvalue weighted by Crippen LogP contribution is -2.55. The van der Waals surface area contributed by atoms with Crippen LogP contribution in [0.3, 0.4) is 0 Å². The molecule has 3 aliphatic heterocycles. The molecule has 3 rings (SSSR count). The molecule has 0 aromatic heterocycles. The molecule has 3 aliphatic rings. The molecule has 43 heavy (non-hydrogen) atoms. The molecule has 7 N–H and O–H groups in total. The topological polar surface area (TPSA) is 168 Å². The van der Waals surface area contributed by atoms with Crippen LogP contribution in [0.15, 0.2) is 0 Å².